The standard InChI is InChI=1S/C21H28N4O3S/c1-23(15-20(27)25-10-12-28-13-11-25)14-19(26)24-8-6-16(7-9-24)21-22-17-4-2-3-5-18(17)29-21/h2-5,16H,6-15H2,1H3/p+1. The lowest BCUT2D eigenvalue weighted by molar-refractivity contribution is -0.863. The molecule has 0 saturated carbocycles. The molecule has 4 rings (SSSR count). The Morgan fingerprint density at radius 3 is 2.34 bits per heavy atom. The van der Waals surface area contributed by atoms with Crippen LogP contribution in [0.5, 0.6) is 0 Å². The maximum atomic E-state index is 12.7. The molecule has 29 heavy (non-hydrogen) atoms. The zero-order valence-electron chi connectivity index (χ0n) is 16.9. The Kier molecular flexibility index (Phi) is 6.42. The Bertz CT molecular complexity index is 823. The maximum absolute atomic E-state index is 12.7. The van der Waals surface area contributed by atoms with Gasteiger partial charge in [0, 0.05) is 32.1 Å². The van der Waals surface area contributed by atoms with Crippen molar-refractivity contribution >= 4 is 33.4 Å². The lowest BCUT2D eigenvalue weighted by Crippen LogP contribution is -3.11. The summed E-state index contributed by atoms with van der Waals surface area (Å²) in [6.07, 6.45) is 1.91. The number of nitrogens with one attached hydrogen (secondary N) is 1. The highest BCUT2D eigenvalue weighted by Gasteiger charge is 2.28. The molecule has 0 radical (unpaired) electrons. The third-order valence-electron chi connectivity index (χ3n) is 5.78. The van der Waals surface area contributed by atoms with Crippen LogP contribution < -0.4 is 4.90 Å². The van der Waals surface area contributed by atoms with E-state index in [0.717, 1.165) is 36.3 Å². The van der Waals surface area contributed by atoms with E-state index in [1.165, 1.54) is 9.71 Å². The number of carbonyl (C=O) groups excluding carboxylic acids is 2. The number of fused-ring (bicyclic) bond motifs is 1. The second-order valence-corrected chi connectivity index (χ2v) is 9.04. The zero-order valence-corrected chi connectivity index (χ0v) is 17.7. The third-order valence-corrected chi connectivity index (χ3v) is 6.98. The molecule has 2 aliphatic rings. The van der Waals surface area contributed by atoms with Crippen LogP contribution in [0, 0.1) is 0 Å². The molecule has 2 fully saturated rings. The monoisotopic (exact) mass is 417 g/mol. The minimum Gasteiger partial charge on any atom is -0.378 e. The minimum absolute atomic E-state index is 0.105. The van der Waals surface area contributed by atoms with Gasteiger partial charge < -0.3 is 19.4 Å². The molecule has 7 nitrogen and oxygen atoms in total. The number of nitrogens with zero attached hydrogens (tertiary/aromatic N) is 3. The van der Waals surface area contributed by atoms with Gasteiger partial charge in [-0.15, -0.1) is 11.3 Å². The number of hydrogen-bond donors (Lipinski definition) is 1. The molecule has 8 heteroatoms. The molecule has 2 amide bonds. The highest BCUT2D eigenvalue weighted by Crippen LogP contribution is 2.33. The second-order valence-electron chi connectivity index (χ2n) is 7.98. The Morgan fingerprint density at radius 1 is 1.07 bits per heavy atom. The molecular weight excluding hydrogens is 388 g/mol. The first-order chi connectivity index (χ1) is 14.1. The van der Waals surface area contributed by atoms with Crippen molar-refractivity contribution in [2.45, 2.75) is 18.8 Å². The summed E-state index contributed by atoms with van der Waals surface area (Å²) in [4.78, 5) is 34.6. The summed E-state index contributed by atoms with van der Waals surface area (Å²) in [5, 5.41) is 1.19. The number of rotatable bonds is 5. The molecule has 2 saturated heterocycles. The number of ether oxygens (including phenoxy) is 1. The number of likely N-dealkylation sites (N-methyl/N-ethyl adjacent to an activating group) is 1. The fourth-order valence-electron chi connectivity index (χ4n) is 4.06. The Morgan fingerprint density at radius 2 is 1.69 bits per heavy atom. The van der Waals surface area contributed by atoms with Crippen LogP contribution in [0.4, 0.5) is 0 Å². The number of piperidine rings is 1. The van der Waals surface area contributed by atoms with Crippen LogP contribution in [0.15, 0.2) is 24.3 Å². The molecule has 0 spiro atoms. The highest BCUT2D eigenvalue weighted by molar-refractivity contribution is 7.18. The molecule has 2 aromatic rings. The molecule has 3 heterocycles. The number of benzene rings is 1. The van der Waals surface area contributed by atoms with Crippen molar-refractivity contribution in [3.8, 4) is 0 Å². The van der Waals surface area contributed by atoms with Crippen molar-refractivity contribution in [3.05, 3.63) is 29.3 Å². The predicted octanol–water partition coefficient (Wildman–Crippen LogP) is 0.376. The van der Waals surface area contributed by atoms with Crippen LogP contribution in [0.2, 0.25) is 0 Å². The largest absolute Gasteiger partial charge is 0.378 e. The number of likely N-dealkylation sites (tertiary alicyclic amines) is 1. The smallest absolute Gasteiger partial charge is 0.277 e. The average molecular weight is 418 g/mol. The van der Waals surface area contributed by atoms with E-state index in [9.17, 15) is 9.59 Å². The van der Waals surface area contributed by atoms with E-state index in [-0.39, 0.29) is 11.8 Å². The van der Waals surface area contributed by atoms with Crippen LogP contribution in [0.25, 0.3) is 10.2 Å². The summed E-state index contributed by atoms with van der Waals surface area (Å²) >= 11 is 1.77. The quantitative estimate of drug-likeness (QED) is 0.764. The summed E-state index contributed by atoms with van der Waals surface area (Å²) in [6, 6.07) is 8.25. The average Bonchev–Trinajstić information content (AvgIpc) is 3.18. The summed E-state index contributed by atoms with van der Waals surface area (Å²) < 4.78 is 6.52. The molecule has 1 aromatic heterocycles. The lowest BCUT2D eigenvalue weighted by Gasteiger charge is -2.32. The van der Waals surface area contributed by atoms with E-state index in [1.54, 1.807) is 11.3 Å². The molecule has 1 aromatic carbocycles. The number of carbonyl (C=O) groups is 2. The molecule has 2 aliphatic heterocycles. The van der Waals surface area contributed by atoms with Crippen LogP contribution in [0.3, 0.4) is 0 Å². The van der Waals surface area contributed by atoms with E-state index in [0.29, 0.717) is 45.3 Å². The number of morpholine rings is 1. The normalized spacial score (nSPS) is 19.5. The van der Waals surface area contributed by atoms with E-state index < -0.39 is 0 Å². The van der Waals surface area contributed by atoms with E-state index >= 15 is 0 Å². The number of hydrogen-bond acceptors (Lipinski definition) is 5. The van der Waals surface area contributed by atoms with Crippen molar-refractivity contribution in [3.63, 3.8) is 0 Å². The summed E-state index contributed by atoms with van der Waals surface area (Å²) in [7, 11) is 1.92. The molecule has 1 N–H and O–H groups in total. The Labute approximate surface area is 175 Å². The van der Waals surface area contributed by atoms with Gasteiger partial charge in [0.1, 0.15) is 0 Å². The fraction of sp³-hybridized carbons (Fsp3) is 0.571. The van der Waals surface area contributed by atoms with Gasteiger partial charge in [0.05, 0.1) is 35.5 Å². The first kappa shape index (κ1) is 20.3. The van der Waals surface area contributed by atoms with Crippen LogP contribution in [0.1, 0.15) is 23.8 Å². The SMILES string of the molecule is C[NH+](CC(=O)N1CCOCC1)CC(=O)N1CCC(c2nc3ccccc3s2)CC1. The van der Waals surface area contributed by atoms with Crippen LogP contribution >= 0.6 is 11.3 Å². The number of thiazole rings is 1. The van der Waals surface area contributed by atoms with Gasteiger partial charge in [0.2, 0.25) is 0 Å². The maximum Gasteiger partial charge on any atom is 0.277 e. The topological polar surface area (TPSA) is 67.2 Å². The van der Waals surface area contributed by atoms with Gasteiger partial charge in [0.15, 0.2) is 13.1 Å². The minimum atomic E-state index is 0.105. The lowest BCUT2D eigenvalue weighted by atomic mass is 9.97. The van der Waals surface area contributed by atoms with Crippen molar-refractivity contribution in [2.24, 2.45) is 0 Å². The van der Waals surface area contributed by atoms with Gasteiger partial charge in [-0.05, 0) is 25.0 Å². The molecule has 1 atom stereocenters. The van der Waals surface area contributed by atoms with Crippen LogP contribution in [-0.4, -0.2) is 86.1 Å². The predicted molar refractivity (Wildman–Crippen MR) is 112 cm³/mol. The first-order valence-electron chi connectivity index (χ1n) is 10.4. The number of quaternary nitrogens is 1. The van der Waals surface area contributed by atoms with E-state index in [4.69, 9.17) is 9.72 Å². The number of aromatic nitrogens is 1. The van der Waals surface area contributed by atoms with Gasteiger partial charge in [-0.1, -0.05) is 12.1 Å². The second kappa shape index (κ2) is 9.19. The summed E-state index contributed by atoms with van der Waals surface area (Å²) in [6.45, 7) is 4.77. The molecular formula is C21H29N4O3S+. The van der Waals surface area contributed by atoms with Gasteiger partial charge >= 0.3 is 0 Å². The van der Waals surface area contributed by atoms with Gasteiger partial charge in [-0.3, -0.25) is 9.59 Å². The van der Waals surface area contributed by atoms with Gasteiger partial charge in [0.25, 0.3) is 11.8 Å². The Balaban J connectivity index is 1.24. The van der Waals surface area contributed by atoms with E-state index in [2.05, 4.69) is 12.1 Å². The van der Waals surface area contributed by atoms with E-state index in [1.807, 2.05) is 29.0 Å². The van der Waals surface area contributed by atoms with Crippen molar-refractivity contribution < 1.29 is 19.2 Å². The molecule has 0 aliphatic carbocycles. The molecule has 156 valence electrons. The van der Waals surface area contributed by atoms with Crippen molar-refractivity contribution in [2.75, 3.05) is 59.5 Å². The number of para-hydroxylation sites is 1. The molecule has 1 unspecified atom stereocenters. The summed E-state index contributed by atoms with van der Waals surface area (Å²) in [5.41, 5.74) is 1.07. The highest BCUT2D eigenvalue weighted by atomic mass is 32.1. The first-order valence-corrected chi connectivity index (χ1v) is 11.2. The Hall–Kier alpha value is -2.03. The third kappa shape index (κ3) is 4.94. The molecule has 0 bridgehead atoms. The number of amides is 2. The van der Waals surface area contributed by atoms with Crippen LogP contribution in [-0.2, 0) is 14.3 Å². The van der Waals surface area contributed by atoms with Crippen molar-refractivity contribution in [1.29, 1.82) is 0 Å². The van der Waals surface area contributed by atoms with Gasteiger partial charge in [-0.25, -0.2) is 4.98 Å². The summed E-state index contributed by atoms with van der Waals surface area (Å²) in [5.74, 6) is 0.678. The zero-order chi connectivity index (χ0) is 20.2. The fourth-order valence-corrected chi connectivity index (χ4v) is 5.19. The van der Waals surface area contributed by atoms with Crippen molar-refractivity contribution in [1.82, 2.24) is 14.8 Å². The van der Waals surface area contributed by atoms with Gasteiger partial charge in [-0.2, -0.15) is 0 Å².